The van der Waals surface area contributed by atoms with Crippen LogP contribution in [0.15, 0.2) is 48.8 Å². The fourth-order valence-electron chi connectivity index (χ4n) is 4.05. The average molecular weight is 456 g/mol. The molecule has 0 spiro atoms. The van der Waals surface area contributed by atoms with E-state index in [1.165, 1.54) is 7.11 Å². The van der Waals surface area contributed by atoms with Gasteiger partial charge in [0.1, 0.15) is 6.73 Å². The normalized spacial score (nSPS) is 15.1. The first-order valence-corrected chi connectivity index (χ1v) is 11.9. The lowest BCUT2D eigenvalue weighted by molar-refractivity contribution is -0.140. The van der Waals surface area contributed by atoms with Crippen LogP contribution < -0.4 is 5.32 Å². The summed E-state index contributed by atoms with van der Waals surface area (Å²) < 4.78 is 10.5. The summed E-state index contributed by atoms with van der Waals surface area (Å²) in [6, 6.07) is 12.2. The molecule has 33 heavy (non-hydrogen) atoms. The number of rotatable bonds is 14. The number of carbonyl (C=O) groups excluding carboxylic acids is 1. The van der Waals surface area contributed by atoms with E-state index in [1.54, 1.807) is 0 Å². The van der Waals surface area contributed by atoms with E-state index in [9.17, 15) is 4.79 Å². The summed E-state index contributed by atoms with van der Waals surface area (Å²) in [5.74, 6) is -0.119. The Morgan fingerprint density at radius 3 is 2.24 bits per heavy atom. The summed E-state index contributed by atoms with van der Waals surface area (Å²) >= 11 is 0. The van der Waals surface area contributed by atoms with Crippen LogP contribution >= 0.6 is 0 Å². The van der Waals surface area contributed by atoms with Gasteiger partial charge >= 0.3 is 5.97 Å². The molecular weight excluding hydrogens is 418 g/mol. The molecule has 0 amide bonds. The second kappa shape index (κ2) is 14.7. The molecular formula is C25H37N5O3. The van der Waals surface area contributed by atoms with Crippen LogP contribution in [-0.2, 0) is 14.3 Å². The summed E-state index contributed by atoms with van der Waals surface area (Å²) in [6.45, 7) is 5.93. The lowest BCUT2D eigenvalue weighted by Gasteiger charge is -2.38. The summed E-state index contributed by atoms with van der Waals surface area (Å²) in [7, 11) is 1.44. The van der Waals surface area contributed by atoms with Crippen molar-refractivity contribution in [1.29, 1.82) is 0 Å². The van der Waals surface area contributed by atoms with Crippen LogP contribution in [0.25, 0.3) is 0 Å². The predicted octanol–water partition coefficient (Wildman–Crippen LogP) is 2.83. The second-order valence-corrected chi connectivity index (χ2v) is 8.28. The molecule has 0 bridgehead atoms. The zero-order chi connectivity index (χ0) is 23.1. The predicted molar refractivity (Wildman–Crippen MR) is 127 cm³/mol. The van der Waals surface area contributed by atoms with Crippen LogP contribution in [0.2, 0.25) is 0 Å². The first-order chi connectivity index (χ1) is 16.3. The van der Waals surface area contributed by atoms with E-state index >= 15 is 0 Å². The Hall–Kier alpha value is -2.39. The van der Waals surface area contributed by atoms with Crippen LogP contribution in [0.5, 0.6) is 0 Å². The van der Waals surface area contributed by atoms with Crippen LogP contribution in [-0.4, -0.2) is 79.0 Å². The molecule has 1 aliphatic rings. The van der Waals surface area contributed by atoms with Gasteiger partial charge in [0, 0.05) is 45.0 Å². The van der Waals surface area contributed by atoms with Gasteiger partial charge in [0.25, 0.3) is 0 Å². The monoisotopic (exact) mass is 455 g/mol. The minimum absolute atomic E-state index is 0.0738. The smallest absolute Gasteiger partial charge is 0.305 e. The number of hydrogen-bond donors (Lipinski definition) is 1. The molecule has 0 saturated carbocycles. The Morgan fingerprint density at radius 1 is 0.970 bits per heavy atom. The fourth-order valence-corrected chi connectivity index (χ4v) is 4.05. The van der Waals surface area contributed by atoms with E-state index in [0.717, 1.165) is 69.8 Å². The number of nitrogens with zero attached hydrogens (tertiary/aromatic N) is 4. The lowest BCUT2D eigenvalue weighted by atomic mass is 10.1. The van der Waals surface area contributed by atoms with E-state index < -0.39 is 0 Å². The van der Waals surface area contributed by atoms with E-state index in [-0.39, 0.29) is 12.0 Å². The van der Waals surface area contributed by atoms with Gasteiger partial charge in [-0.05, 0) is 43.7 Å². The molecule has 180 valence electrons. The molecule has 1 N–H and O–H groups in total. The molecule has 8 heteroatoms. The third-order valence-electron chi connectivity index (χ3n) is 5.90. The quantitative estimate of drug-likeness (QED) is 0.265. The van der Waals surface area contributed by atoms with Gasteiger partial charge in [-0.15, -0.1) is 0 Å². The maximum atomic E-state index is 11.1. The van der Waals surface area contributed by atoms with E-state index in [4.69, 9.17) is 4.74 Å². The molecule has 1 aliphatic heterocycles. The second-order valence-electron chi connectivity index (χ2n) is 8.28. The van der Waals surface area contributed by atoms with Gasteiger partial charge < -0.3 is 9.47 Å². The van der Waals surface area contributed by atoms with Gasteiger partial charge in [0.15, 0.2) is 0 Å². The minimum Gasteiger partial charge on any atom is -0.469 e. The Bertz CT molecular complexity index is 746. The lowest BCUT2D eigenvalue weighted by Crippen LogP contribution is -2.48. The summed E-state index contributed by atoms with van der Waals surface area (Å²) in [5.41, 5.74) is 2.07. The molecule has 8 nitrogen and oxygen atoms in total. The number of unbranched alkanes of at least 4 members (excludes halogenated alkanes) is 3. The number of aromatic nitrogens is 2. The molecule has 0 aromatic carbocycles. The summed E-state index contributed by atoms with van der Waals surface area (Å²) in [6.07, 6.45) is 8.38. The fraction of sp³-hybridized carbons (Fsp3) is 0.560. The molecule has 2 aromatic heterocycles. The van der Waals surface area contributed by atoms with Crippen molar-refractivity contribution < 1.29 is 14.3 Å². The number of carbonyl (C=O) groups is 1. The van der Waals surface area contributed by atoms with Crippen LogP contribution in [0.1, 0.15) is 49.5 Å². The van der Waals surface area contributed by atoms with Gasteiger partial charge in [-0.2, -0.15) is 0 Å². The highest BCUT2D eigenvalue weighted by Gasteiger charge is 2.28. The van der Waals surface area contributed by atoms with Gasteiger partial charge in [-0.3, -0.25) is 29.9 Å². The first kappa shape index (κ1) is 25.2. The highest BCUT2D eigenvalue weighted by Crippen LogP contribution is 2.26. The Kier molecular flexibility index (Phi) is 11.2. The number of hydrogen-bond acceptors (Lipinski definition) is 8. The zero-order valence-electron chi connectivity index (χ0n) is 19.7. The van der Waals surface area contributed by atoms with Crippen molar-refractivity contribution in [3.8, 4) is 0 Å². The van der Waals surface area contributed by atoms with Crippen LogP contribution in [0.3, 0.4) is 0 Å². The molecule has 3 heterocycles. The van der Waals surface area contributed by atoms with Crippen molar-refractivity contribution in [3.05, 3.63) is 60.2 Å². The maximum absolute atomic E-state index is 11.1. The summed E-state index contributed by atoms with van der Waals surface area (Å²) in [4.78, 5) is 25.1. The number of piperazine rings is 1. The third-order valence-corrected chi connectivity index (χ3v) is 5.90. The first-order valence-electron chi connectivity index (χ1n) is 11.9. The van der Waals surface area contributed by atoms with E-state index in [0.29, 0.717) is 19.9 Å². The van der Waals surface area contributed by atoms with Crippen molar-refractivity contribution in [2.24, 2.45) is 0 Å². The van der Waals surface area contributed by atoms with Crippen LogP contribution in [0.4, 0.5) is 0 Å². The van der Waals surface area contributed by atoms with Gasteiger partial charge in [0.2, 0.25) is 0 Å². The molecule has 0 unspecified atom stereocenters. The Balaban J connectivity index is 1.31. The molecule has 1 saturated heterocycles. The maximum Gasteiger partial charge on any atom is 0.305 e. The molecule has 3 rings (SSSR count). The molecule has 1 fully saturated rings. The third kappa shape index (κ3) is 8.81. The minimum atomic E-state index is -0.119. The molecule has 0 radical (unpaired) electrons. The highest BCUT2D eigenvalue weighted by atomic mass is 16.5. The summed E-state index contributed by atoms with van der Waals surface area (Å²) in [5, 5.41) is 3.34. The van der Waals surface area contributed by atoms with Gasteiger partial charge in [0.05, 0.1) is 31.3 Å². The zero-order valence-corrected chi connectivity index (χ0v) is 19.7. The Morgan fingerprint density at radius 2 is 1.64 bits per heavy atom. The van der Waals surface area contributed by atoms with E-state index in [1.807, 2.05) is 36.7 Å². The van der Waals surface area contributed by atoms with Crippen molar-refractivity contribution >= 4 is 5.97 Å². The number of esters is 1. The number of ether oxygens (including phenoxy) is 2. The van der Waals surface area contributed by atoms with Crippen molar-refractivity contribution in [2.75, 3.05) is 53.3 Å². The Labute approximate surface area is 197 Å². The average Bonchev–Trinajstić information content (AvgIpc) is 2.87. The molecule has 0 aliphatic carbocycles. The van der Waals surface area contributed by atoms with Crippen molar-refractivity contribution in [2.45, 2.75) is 38.1 Å². The number of nitrogens with one attached hydrogen (secondary N) is 1. The molecule has 2 aromatic rings. The SMILES string of the molecule is COC(=O)CCCCCCNCOCN1CCN(C(c2ccccn2)c2ccccn2)CC1. The van der Waals surface area contributed by atoms with Crippen molar-refractivity contribution in [1.82, 2.24) is 25.1 Å². The standard InChI is InChI=1S/C25H37N5O3/c1-32-24(31)12-4-2-3-7-13-26-20-33-21-29-16-18-30(19-17-29)25(22-10-5-8-14-27-22)23-11-6-9-15-28-23/h5-6,8-11,14-15,25-26H,2-4,7,12-13,16-21H2,1H3. The van der Waals surface area contributed by atoms with Crippen LogP contribution in [0, 0.1) is 0 Å². The highest BCUT2D eigenvalue weighted by molar-refractivity contribution is 5.68. The van der Waals surface area contributed by atoms with Gasteiger partial charge in [-0.25, -0.2) is 0 Å². The topological polar surface area (TPSA) is 79.8 Å². The molecule has 0 atom stereocenters. The van der Waals surface area contributed by atoms with Gasteiger partial charge in [-0.1, -0.05) is 25.0 Å². The number of pyridine rings is 2. The largest absolute Gasteiger partial charge is 0.469 e. The van der Waals surface area contributed by atoms with Crippen molar-refractivity contribution in [3.63, 3.8) is 0 Å². The van der Waals surface area contributed by atoms with E-state index in [2.05, 4.69) is 42.0 Å². The number of methoxy groups -OCH3 is 1.